The van der Waals surface area contributed by atoms with Gasteiger partial charge in [-0.3, -0.25) is 24.2 Å². The Balaban J connectivity index is 5.39. The van der Waals surface area contributed by atoms with Crippen LogP contribution in [0.1, 0.15) is 46.0 Å². The second-order valence-corrected chi connectivity index (χ2v) is 7.80. The first-order valence-electron chi connectivity index (χ1n) is 10.5. The van der Waals surface area contributed by atoms with Gasteiger partial charge < -0.3 is 43.4 Å². The molecule has 0 saturated carbocycles. The molecule has 14 nitrogen and oxygen atoms in total. The number of carbonyl (C=O) groups is 5. The van der Waals surface area contributed by atoms with Gasteiger partial charge in [0.15, 0.2) is 5.96 Å². The zero-order valence-corrected chi connectivity index (χ0v) is 18.9. The summed E-state index contributed by atoms with van der Waals surface area (Å²) in [5, 5.41) is 25.5. The van der Waals surface area contributed by atoms with Gasteiger partial charge in [0.05, 0.1) is 6.54 Å². The molecule has 188 valence electrons. The van der Waals surface area contributed by atoms with Crippen molar-refractivity contribution in [1.29, 1.82) is 0 Å². The van der Waals surface area contributed by atoms with E-state index >= 15 is 0 Å². The number of hydrogen-bond donors (Lipinski definition) is 8. The van der Waals surface area contributed by atoms with Gasteiger partial charge in [0.1, 0.15) is 18.1 Å². The molecule has 3 atom stereocenters. The van der Waals surface area contributed by atoms with Crippen molar-refractivity contribution in [1.82, 2.24) is 16.0 Å². The fourth-order valence-electron chi connectivity index (χ4n) is 2.80. The van der Waals surface area contributed by atoms with Crippen molar-refractivity contribution in [3.8, 4) is 0 Å². The van der Waals surface area contributed by atoms with Crippen molar-refractivity contribution >= 4 is 35.6 Å². The number of nitrogens with one attached hydrogen (secondary N) is 3. The third kappa shape index (κ3) is 13.6. The Morgan fingerprint density at radius 2 is 1.45 bits per heavy atom. The SMILES string of the molecule is CC(C)CC(NC(=O)CN)C(=O)NC(CCC(=O)O)C(=O)NC(CCCN=C(N)N)C(=O)O. The van der Waals surface area contributed by atoms with Crippen LogP contribution in [0.3, 0.4) is 0 Å². The highest BCUT2D eigenvalue weighted by atomic mass is 16.4. The minimum absolute atomic E-state index is 0.0000177. The Bertz CT molecular complexity index is 723. The van der Waals surface area contributed by atoms with Crippen LogP contribution in [0.4, 0.5) is 0 Å². The molecule has 0 fully saturated rings. The van der Waals surface area contributed by atoms with Crippen molar-refractivity contribution < 1.29 is 34.2 Å². The number of nitrogens with two attached hydrogens (primary N) is 3. The fourth-order valence-corrected chi connectivity index (χ4v) is 2.80. The van der Waals surface area contributed by atoms with Crippen LogP contribution < -0.4 is 33.2 Å². The number of aliphatic imine (C=N–C) groups is 1. The lowest BCUT2D eigenvalue weighted by atomic mass is 10.0. The predicted octanol–water partition coefficient (Wildman–Crippen LogP) is -2.55. The highest BCUT2D eigenvalue weighted by molar-refractivity contribution is 5.93. The summed E-state index contributed by atoms with van der Waals surface area (Å²) >= 11 is 0. The van der Waals surface area contributed by atoms with E-state index in [1.54, 1.807) is 0 Å². The molecule has 0 aromatic heterocycles. The van der Waals surface area contributed by atoms with E-state index in [-0.39, 0.29) is 50.7 Å². The lowest BCUT2D eigenvalue weighted by Crippen LogP contribution is -2.56. The molecule has 0 spiro atoms. The summed E-state index contributed by atoms with van der Waals surface area (Å²) in [6, 6.07) is -3.65. The normalized spacial score (nSPS) is 13.3. The van der Waals surface area contributed by atoms with Crippen molar-refractivity contribution in [2.75, 3.05) is 13.1 Å². The van der Waals surface area contributed by atoms with Crippen molar-refractivity contribution in [2.45, 2.75) is 64.1 Å². The molecule has 0 bridgehead atoms. The van der Waals surface area contributed by atoms with Crippen LogP contribution in [0.15, 0.2) is 4.99 Å². The minimum atomic E-state index is -1.34. The maximum absolute atomic E-state index is 12.7. The summed E-state index contributed by atoms with van der Waals surface area (Å²) in [4.78, 5) is 63.4. The van der Waals surface area contributed by atoms with Crippen molar-refractivity contribution in [2.24, 2.45) is 28.1 Å². The topological polar surface area (TPSA) is 252 Å². The van der Waals surface area contributed by atoms with Crippen LogP contribution in [0.2, 0.25) is 0 Å². The molecule has 0 aliphatic carbocycles. The molecule has 3 amide bonds. The highest BCUT2D eigenvalue weighted by Crippen LogP contribution is 2.08. The van der Waals surface area contributed by atoms with E-state index in [2.05, 4.69) is 20.9 Å². The number of nitrogens with zero attached hydrogens (tertiary/aromatic N) is 1. The summed E-state index contributed by atoms with van der Waals surface area (Å²) in [7, 11) is 0. The maximum Gasteiger partial charge on any atom is 0.326 e. The fraction of sp³-hybridized carbons (Fsp3) is 0.684. The van der Waals surface area contributed by atoms with Gasteiger partial charge in [-0.05, 0) is 31.6 Å². The first kappa shape index (κ1) is 29.6. The molecule has 0 aromatic carbocycles. The third-order valence-electron chi connectivity index (χ3n) is 4.38. The molecule has 0 aromatic rings. The van der Waals surface area contributed by atoms with Gasteiger partial charge in [0.2, 0.25) is 17.7 Å². The molecule has 3 unspecified atom stereocenters. The van der Waals surface area contributed by atoms with E-state index in [9.17, 15) is 29.1 Å². The van der Waals surface area contributed by atoms with Gasteiger partial charge in [-0.15, -0.1) is 0 Å². The molecular formula is C19H35N7O7. The van der Waals surface area contributed by atoms with Crippen LogP contribution in [0.5, 0.6) is 0 Å². The number of amides is 3. The van der Waals surface area contributed by atoms with E-state index in [1.807, 2.05) is 13.8 Å². The Labute approximate surface area is 191 Å². The third-order valence-corrected chi connectivity index (χ3v) is 4.38. The number of aliphatic carboxylic acids is 2. The first-order valence-corrected chi connectivity index (χ1v) is 10.5. The van der Waals surface area contributed by atoms with Gasteiger partial charge >= 0.3 is 11.9 Å². The van der Waals surface area contributed by atoms with Crippen LogP contribution in [0.25, 0.3) is 0 Å². The molecular weight excluding hydrogens is 438 g/mol. The Morgan fingerprint density at radius 3 is 1.94 bits per heavy atom. The predicted molar refractivity (Wildman–Crippen MR) is 119 cm³/mol. The van der Waals surface area contributed by atoms with Crippen LogP contribution >= 0.6 is 0 Å². The van der Waals surface area contributed by atoms with E-state index in [1.165, 1.54) is 0 Å². The highest BCUT2D eigenvalue weighted by Gasteiger charge is 2.30. The van der Waals surface area contributed by atoms with E-state index in [0.717, 1.165) is 0 Å². The van der Waals surface area contributed by atoms with Crippen molar-refractivity contribution in [3.63, 3.8) is 0 Å². The molecule has 0 aliphatic rings. The second-order valence-electron chi connectivity index (χ2n) is 7.80. The van der Waals surface area contributed by atoms with Crippen LogP contribution in [-0.2, 0) is 24.0 Å². The lowest BCUT2D eigenvalue weighted by Gasteiger charge is -2.25. The van der Waals surface area contributed by atoms with E-state index < -0.39 is 54.2 Å². The van der Waals surface area contributed by atoms with Gasteiger partial charge in [0.25, 0.3) is 0 Å². The van der Waals surface area contributed by atoms with Gasteiger partial charge in [-0.1, -0.05) is 13.8 Å². The average Bonchev–Trinajstić information content (AvgIpc) is 2.71. The Morgan fingerprint density at radius 1 is 0.879 bits per heavy atom. The summed E-state index contributed by atoms with van der Waals surface area (Å²) < 4.78 is 0. The monoisotopic (exact) mass is 473 g/mol. The number of hydrogen-bond acceptors (Lipinski definition) is 7. The molecule has 0 aliphatic heterocycles. The van der Waals surface area contributed by atoms with Crippen LogP contribution in [0, 0.1) is 5.92 Å². The molecule has 0 saturated heterocycles. The minimum Gasteiger partial charge on any atom is -0.481 e. The molecule has 0 heterocycles. The lowest BCUT2D eigenvalue weighted by molar-refractivity contribution is -0.143. The standard InChI is InChI=1S/C19H35N7O7/c1-10(2)8-13(24-14(27)9-20)17(31)25-11(5-6-15(28)29)16(30)26-12(18(32)33)4-3-7-23-19(21)22/h10-13H,3-9,20H2,1-2H3,(H,24,27)(H,25,31)(H,26,30)(H,28,29)(H,32,33)(H4,21,22,23). The van der Waals surface area contributed by atoms with Crippen LogP contribution in [-0.4, -0.2) is 77.0 Å². The van der Waals surface area contributed by atoms with E-state index in [0.29, 0.717) is 0 Å². The van der Waals surface area contributed by atoms with Crippen molar-refractivity contribution in [3.05, 3.63) is 0 Å². The summed E-state index contributed by atoms with van der Waals surface area (Å²) in [5.41, 5.74) is 15.7. The smallest absolute Gasteiger partial charge is 0.326 e. The molecule has 0 radical (unpaired) electrons. The quantitative estimate of drug-likeness (QED) is 0.0661. The largest absolute Gasteiger partial charge is 0.481 e. The maximum atomic E-state index is 12.7. The summed E-state index contributed by atoms with van der Waals surface area (Å²) in [6.45, 7) is 3.45. The molecule has 14 heteroatoms. The Hall–Kier alpha value is -3.42. The second kappa shape index (κ2) is 15.4. The Kier molecular flexibility index (Phi) is 13.8. The number of carbonyl (C=O) groups excluding carboxylic acids is 3. The molecule has 33 heavy (non-hydrogen) atoms. The number of carboxylic acids is 2. The van der Waals surface area contributed by atoms with Gasteiger partial charge in [0, 0.05) is 13.0 Å². The molecule has 0 rings (SSSR count). The first-order chi connectivity index (χ1) is 15.4. The summed E-state index contributed by atoms with van der Waals surface area (Å²) in [6.07, 6.45) is -0.243. The molecule has 11 N–H and O–H groups in total. The van der Waals surface area contributed by atoms with Gasteiger partial charge in [-0.25, -0.2) is 4.79 Å². The number of carboxylic acid groups (broad SMARTS) is 2. The zero-order chi connectivity index (χ0) is 25.6. The average molecular weight is 474 g/mol. The van der Waals surface area contributed by atoms with E-state index in [4.69, 9.17) is 22.3 Å². The summed E-state index contributed by atoms with van der Waals surface area (Å²) in [5.74, 6) is -4.82. The number of guanidine groups is 1. The zero-order valence-electron chi connectivity index (χ0n) is 18.9. The number of rotatable bonds is 16. The van der Waals surface area contributed by atoms with Gasteiger partial charge in [-0.2, -0.15) is 0 Å².